The fraction of sp³-hybridized carbons (Fsp3) is 0.412. The molecule has 0 aliphatic rings. The van der Waals surface area contributed by atoms with E-state index in [4.69, 9.17) is 4.74 Å². The topological polar surface area (TPSA) is 78.5 Å². The van der Waals surface area contributed by atoms with Crippen LogP contribution >= 0.6 is 24.0 Å². The summed E-state index contributed by atoms with van der Waals surface area (Å²) in [6, 6.07) is 8.25. The molecule has 0 bridgehead atoms. The van der Waals surface area contributed by atoms with Gasteiger partial charge in [0, 0.05) is 37.2 Å². The quantitative estimate of drug-likeness (QED) is 0.277. The molecule has 1 heterocycles. The summed E-state index contributed by atoms with van der Waals surface area (Å²) in [7, 11) is 3.11. The van der Waals surface area contributed by atoms with Crippen LogP contribution in [0.5, 0.6) is 0 Å². The van der Waals surface area contributed by atoms with Gasteiger partial charge in [-0.25, -0.2) is 0 Å². The zero-order chi connectivity index (χ0) is 16.7. The number of nitrogens with zero attached hydrogens (tertiary/aromatic N) is 1. The van der Waals surface area contributed by atoms with Crippen LogP contribution in [0.1, 0.15) is 12.5 Å². The largest absolute Gasteiger partial charge is 0.469 e. The van der Waals surface area contributed by atoms with E-state index in [1.807, 2.05) is 25.3 Å². The van der Waals surface area contributed by atoms with E-state index in [1.54, 1.807) is 7.05 Å². The number of methoxy groups -OCH3 is 1. The Hall–Kier alpha value is -1.77. The molecule has 6 nitrogen and oxygen atoms in total. The zero-order valence-electron chi connectivity index (χ0n) is 14.3. The number of esters is 1. The number of H-pyrrole nitrogens is 1. The van der Waals surface area contributed by atoms with Gasteiger partial charge in [-0.1, -0.05) is 25.1 Å². The SMILES string of the molecule is CN=C(NCCc1c[nH]c2ccccc12)NCC(C)C(=O)OC.I. The molecule has 24 heavy (non-hydrogen) atoms. The second kappa shape index (κ2) is 10.2. The lowest BCUT2D eigenvalue weighted by molar-refractivity contribution is -0.144. The minimum absolute atomic E-state index is 0. The van der Waals surface area contributed by atoms with E-state index in [-0.39, 0.29) is 35.9 Å². The highest BCUT2D eigenvalue weighted by molar-refractivity contribution is 14.0. The molecule has 3 N–H and O–H groups in total. The number of para-hydroxylation sites is 1. The van der Waals surface area contributed by atoms with Crippen LogP contribution < -0.4 is 10.6 Å². The Morgan fingerprint density at radius 1 is 1.33 bits per heavy atom. The van der Waals surface area contributed by atoms with E-state index in [0.29, 0.717) is 12.5 Å². The van der Waals surface area contributed by atoms with Crippen LogP contribution in [0.15, 0.2) is 35.5 Å². The Bertz CT molecular complexity index is 684. The van der Waals surface area contributed by atoms with Crippen LogP contribution in [-0.4, -0.2) is 44.2 Å². The van der Waals surface area contributed by atoms with Crippen LogP contribution in [0.2, 0.25) is 0 Å². The van der Waals surface area contributed by atoms with Gasteiger partial charge in [0.25, 0.3) is 0 Å². The molecule has 7 heteroatoms. The maximum absolute atomic E-state index is 11.4. The number of aliphatic imine (C=N–C) groups is 1. The first-order valence-electron chi connectivity index (χ1n) is 7.73. The van der Waals surface area contributed by atoms with Gasteiger partial charge in [-0.15, -0.1) is 24.0 Å². The van der Waals surface area contributed by atoms with Gasteiger partial charge in [-0.2, -0.15) is 0 Å². The van der Waals surface area contributed by atoms with Gasteiger partial charge in [0.2, 0.25) is 0 Å². The molecule has 0 saturated carbocycles. The molecule has 0 radical (unpaired) electrons. The second-order valence-electron chi connectivity index (χ2n) is 5.41. The maximum Gasteiger partial charge on any atom is 0.310 e. The third-order valence-electron chi connectivity index (χ3n) is 3.76. The van der Waals surface area contributed by atoms with Gasteiger partial charge in [0.1, 0.15) is 0 Å². The maximum atomic E-state index is 11.4. The molecule has 0 spiro atoms. The lowest BCUT2D eigenvalue weighted by Gasteiger charge is -2.14. The van der Waals surface area contributed by atoms with Crippen molar-refractivity contribution in [1.29, 1.82) is 0 Å². The summed E-state index contributed by atoms with van der Waals surface area (Å²) in [5.74, 6) is 0.236. The highest BCUT2D eigenvalue weighted by atomic mass is 127. The van der Waals surface area contributed by atoms with Crippen molar-refractivity contribution in [2.75, 3.05) is 27.2 Å². The molecule has 0 saturated heterocycles. The number of guanidine groups is 1. The number of aromatic amines is 1. The molecule has 0 amide bonds. The van der Waals surface area contributed by atoms with Crippen molar-refractivity contribution >= 4 is 46.8 Å². The average molecular weight is 444 g/mol. The van der Waals surface area contributed by atoms with Gasteiger partial charge in [0.15, 0.2) is 5.96 Å². The van der Waals surface area contributed by atoms with Crippen molar-refractivity contribution in [3.05, 3.63) is 36.0 Å². The molecule has 0 aliphatic heterocycles. The molecular formula is C17H25IN4O2. The summed E-state index contributed by atoms with van der Waals surface area (Å²) in [5, 5.41) is 7.64. The van der Waals surface area contributed by atoms with Crippen LogP contribution in [0.3, 0.4) is 0 Å². The molecule has 132 valence electrons. The van der Waals surface area contributed by atoms with Gasteiger partial charge < -0.3 is 20.4 Å². The Kier molecular flexibility index (Phi) is 8.59. The molecule has 1 aromatic heterocycles. The minimum atomic E-state index is -0.230. The van der Waals surface area contributed by atoms with Gasteiger partial charge >= 0.3 is 5.97 Å². The predicted molar refractivity (Wildman–Crippen MR) is 108 cm³/mol. The lowest BCUT2D eigenvalue weighted by atomic mass is 10.1. The Morgan fingerprint density at radius 3 is 2.79 bits per heavy atom. The van der Waals surface area contributed by atoms with Gasteiger partial charge in [-0.05, 0) is 18.1 Å². The summed E-state index contributed by atoms with van der Waals surface area (Å²) in [6.45, 7) is 3.06. The molecular weight excluding hydrogens is 419 g/mol. The van der Waals surface area contributed by atoms with Gasteiger partial charge in [0.05, 0.1) is 13.0 Å². The van der Waals surface area contributed by atoms with E-state index in [1.165, 1.54) is 18.1 Å². The molecule has 1 atom stereocenters. The van der Waals surface area contributed by atoms with E-state index >= 15 is 0 Å². The molecule has 2 aromatic rings. The second-order valence-corrected chi connectivity index (χ2v) is 5.41. The summed E-state index contributed by atoms with van der Waals surface area (Å²) in [6.07, 6.45) is 2.93. The zero-order valence-corrected chi connectivity index (χ0v) is 16.6. The Labute approximate surface area is 159 Å². The number of benzene rings is 1. The number of ether oxygens (including phenoxy) is 1. The summed E-state index contributed by atoms with van der Waals surface area (Å²) in [4.78, 5) is 18.8. The van der Waals surface area contributed by atoms with Crippen molar-refractivity contribution in [1.82, 2.24) is 15.6 Å². The van der Waals surface area contributed by atoms with Crippen LogP contribution in [-0.2, 0) is 16.0 Å². The summed E-state index contributed by atoms with van der Waals surface area (Å²) < 4.78 is 4.71. The summed E-state index contributed by atoms with van der Waals surface area (Å²) >= 11 is 0. The Balaban J connectivity index is 0.00000288. The number of hydrogen-bond donors (Lipinski definition) is 3. The number of nitrogens with one attached hydrogen (secondary N) is 3. The first-order valence-corrected chi connectivity index (χ1v) is 7.73. The van der Waals surface area contributed by atoms with E-state index in [2.05, 4.69) is 32.7 Å². The van der Waals surface area contributed by atoms with Crippen molar-refractivity contribution in [2.24, 2.45) is 10.9 Å². The number of hydrogen-bond acceptors (Lipinski definition) is 3. The number of carbonyl (C=O) groups excluding carboxylic acids is 1. The normalized spacial score (nSPS) is 12.4. The standard InChI is InChI=1S/C17H24N4O2.HI/c1-12(16(22)23-3)10-21-17(18-2)19-9-8-13-11-20-15-7-5-4-6-14(13)15;/h4-7,11-12,20H,8-10H2,1-3H3,(H2,18,19,21);1H. The number of fused-ring (bicyclic) bond motifs is 1. The number of aromatic nitrogens is 1. The minimum Gasteiger partial charge on any atom is -0.469 e. The molecule has 1 unspecified atom stereocenters. The monoisotopic (exact) mass is 444 g/mol. The lowest BCUT2D eigenvalue weighted by Crippen LogP contribution is -2.41. The Morgan fingerprint density at radius 2 is 2.08 bits per heavy atom. The molecule has 0 fully saturated rings. The first-order chi connectivity index (χ1) is 11.2. The summed E-state index contributed by atoms with van der Waals surface area (Å²) in [5.41, 5.74) is 2.42. The number of carbonyl (C=O) groups is 1. The fourth-order valence-electron chi connectivity index (χ4n) is 2.41. The predicted octanol–water partition coefficient (Wildman–Crippen LogP) is 2.30. The van der Waals surface area contributed by atoms with E-state index < -0.39 is 0 Å². The smallest absolute Gasteiger partial charge is 0.310 e. The highest BCUT2D eigenvalue weighted by Crippen LogP contribution is 2.17. The van der Waals surface area contributed by atoms with Crippen molar-refractivity contribution in [2.45, 2.75) is 13.3 Å². The number of rotatable bonds is 6. The van der Waals surface area contributed by atoms with Crippen molar-refractivity contribution < 1.29 is 9.53 Å². The van der Waals surface area contributed by atoms with Crippen LogP contribution in [0, 0.1) is 5.92 Å². The van der Waals surface area contributed by atoms with Crippen LogP contribution in [0.4, 0.5) is 0 Å². The fourth-order valence-corrected chi connectivity index (χ4v) is 2.41. The van der Waals surface area contributed by atoms with Gasteiger partial charge in [-0.3, -0.25) is 9.79 Å². The average Bonchev–Trinajstić information content (AvgIpc) is 3.00. The van der Waals surface area contributed by atoms with Crippen molar-refractivity contribution in [3.8, 4) is 0 Å². The third-order valence-corrected chi connectivity index (χ3v) is 3.76. The van der Waals surface area contributed by atoms with Crippen LogP contribution in [0.25, 0.3) is 10.9 Å². The molecule has 1 aromatic carbocycles. The van der Waals surface area contributed by atoms with E-state index in [0.717, 1.165) is 18.5 Å². The van der Waals surface area contributed by atoms with Crippen molar-refractivity contribution in [3.63, 3.8) is 0 Å². The first kappa shape index (κ1) is 20.3. The number of halogens is 1. The third kappa shape index (κ3) is 5.40. The molecule has 2 rings (SSSR count). The van der Waals surface area contributed by atoms with E-state index in [9.17, 15) is 4.79 Å². The highest BCUT2D eigenvalue weighted by Gasteiger charge is 2.13. The molecule has 0 aliphatic carbocycles.